The highest BCUT2D eigenvalue weighted by molar-refractivity contribution is 5.62. The minimum atomic E-state index is 0.595. The zero-order valence-corrected chi connectivity index (χ0v) is 7.41. The number of aldehydes is 1. The highest BCUT2D eigenvalue weighted by Crippen LogP contribution is 2.07. The predicted molar refractivity (Wildman–Crippen MR) is 49.2 cm³/mol. The van der Waals surface area contributed by atoms with Gasteiger partial charge in [0.2, 0.25) is 0 Å². The maximum absolute atomic E-state index is 9.98. The van der Waals surface area contributed by atoms with Crippen molar-refractivity contribution in [1.82, 2.24) is 5.01 Å². The molecular formula is C9H16N2O. The molecule has 0 saturated carbocycles. The van der Waals surface area contributed by atoms with E-state index >= 15 is 0 Å². The molecule has 1 heterocycles. The Morgan fingerprint density at radius 2 is 1.92 bits per heavy atom. The summed E-state index contributed by atoms with van der Waals surface area (Å²) in [6, 6.07) is 0. The van der Waals surface area contributed by atoms with Crippen LogP contribution in [0.2, 0.25) is 0 Å². The molecule has 1 rings (SSSR count). The predicted octanol–water partition coefficient (Wildman–Crippen LogP) is 1.44. The van der Waals surface area contributed by atoms with Gasteiger partial charge in [0.1, 0.15) is 6.29 Å². The van der Waals surface area contributed by atoms with Crippen LogP contribution >= 0.6 is 0 Å². The average molecular weight is 168 g/mol. The van der Waals surface area contributed by atoms with E-state index in [-0.39, 0.29) is 0 Å². The van der Waals surface area contributed by atoms with E-state index in [1.165, 1.54) is 19.3 Å². The van der Waals surface area contributed by atoms with E-state index in [4.69, 9.17) is 0 Å². The number of piperidine rings is 1. The van der Waals surface area contributed by atoms with E-state index in [1.807, 2.05) is 6.21 Å². The average Bonchev–Trinajstić information content (AvgIpc) is 2.14. The molecule has 0 aromatic carbocycles. The Morgan fingerprint density at radius 1 is 1.17 bits per heavy atom. The van der Waals surface area contributed by atoms with Crippen molar-refractivity contribution >= 4 is 12.5 Å². The summed E-state index contributed by atoms with van der Waals surface area (Å²) in [6.07, 6.45) is 8.00. The first kappa shape index (κ1) is 9.23. The normalized spacial score (nSPS) is 18.5. The molecule has 0 atom stereocenters. The van der Waals surface area contributed by atoms with Crippen LogP contribution in [0.4, 0.5) is 0 Å². The molecule has 3 heteroatoms. The molecule has 0 bridgehead atoms. The van der Waals surface area contributed by atoms with Crippen molar-refractivity contribution in [3.05, 3.63) is 0 Å². The molecule has 12 heavy (non-hydrogen) atoms. The van der Waals surface area contributed by atoms with E-state index in [1.54, 1.807) is 0 Å². The Hall–Kier alpha value is -0.860. The van der Waals surface area contributed by atoms with Gasteiger partial charge in [-0.25, -0.2) is 0 Å². The van der Waals surface area contributed by atoms with E-state index in [0.29, 0.717) is 6.42 Å². The van der Waals surface area contributed by atoms with Gasteiger partial charge in [0, 0.05) is 25.7 Å². The van der Waals surface area contributed by atoms with E-state index in [9.17, 15) is 4.79 Å². The van der Waals surface area contributed by atoms with E-state index in [2.05, 4.69) is 10.1 Å². The van der Waals surface area contributed by atoms with Crippen LogP contribution in [-0.2, 0) is 4.79 Å². The van der Waals surface area contributed by atoms with Gasteiger partial charge in [0.05, 0.1) is 0 Å². The third-order valence-corrected chi connectivity index (χ3v) is 1.99. The van der Waals surface area contributed by atoms with Crippen LogP contribution in [0.5, 0.6) is 0 Å². The second-order valence-corrected chi connectivity index (χ2v) is 3.06. The van der Waals surface area contributed by atoms with Gasteiger partial charge in [0.15, 0.2) is 0 Å². The summed E-state index contributed by atoms with van der Waals surface area (Å²) < 4.78 is 0. The van der Waals surface area contributed by atoms with Gasteiger partial charge < -0.3 is 4.79 Å². The highest BCUT2D eigenvalue weighted by atomic mass is 16.1. The van der Waals surface area contributed by atoms with Crippen LogP contribution in [0.1, 0.15) is 32.1 Å². The first-order valence-electron chi connectivity index (χ1n) is 4.64. The second kappa shape index (κ2) is 5.75. The minimum absolute atomic E-state index is 0.595. The standard InChI is InChI=1S/C9H16N2O/c12-9-5-2-6-10-11-7-3-1-4-8-11/h6,9H,1-5,7-8H2. The third-order valence-electron chi connectivity index (χ3n) is 1.99. The molecule has 0 N–H and O–H groups in total. The molecule has 3 nitrogen and oxygen atoms in total. The van der Waals surface area contributed by atoms with Crippen LogP contribution in [-0.4, -0.2) is 30.6 Å². The summed E-state index contributed by atoms with van der Waals surface area (Å²) in [7, 11) is 0. The Labute approximate surface area is 73.4 Å². The molecular weight excluding hydrogens is 152 g/mol. The molecule has 68 valence electrons. The Bertz CT molecular complexity index is 151. The molecule has 0 aliphatic carbocycles. The Balaban J connectivity index is 2.10. The highest BCUT2D eigenvalue weighted by Gasteiger charge is 2.05. The van der Waals surface area contributed by atoms with Crippen LogP contribution < -0.4 is 0 Å². The molecule has 0 aromatic rings. The smallest absolute Gasteiger partial charge is 0.120 e. The zero-order valence-electron chi connectivity index (χ0n) is 7.41. The lowest BCUT2D eigenvalue weighted by atomic mass is 10.2. The monoisotopic (exact) mass is 168 g/mol. The van der Waals surface area contributed by atoms with Crippen LogP contribution in [0.15, 0.2) is 5.10 Å². The SMILES string of the molecule is O=CCCC=NN1CCCCC1. The quantitative estimate of drug-likeness (QED) is 0.361. The van der Waals surface area contributed by atoms with Crippen molar-refractivity contribution in [2.24, 2.45) is 5.10 Å². The Morgan fingerprint density at radius 3 is 2.58 bits per heavy atom. The van der Waals surface area contributed by atoms with Gasteiger partial charge in [-0.3, -0.25) is 5.01 Å². The van der Waals surface area contributed by atoms with Crippen molar-refractivity contribution in [2.45, 2.75) is 32.1 Å². The van der Waals surface area contributed by atoms with Crippen LogP contribution in [0.25, 0.3) is 0 Å². The molecule has 0 unspecified atom stereocenters. The lowest BCUT2D eigenvalue weighted by Crippen LogP contribution is -2.24. The molecule has 1 aliphatic rings. The zero-order chi connectivity index (χ0) is 8.65. The van der Waals surface area contributed by atoms with Gasteiger partial charge in [-0.15, -0.1) is 0 Å². The molecule has 0 spiro atoms. The van der Waals surface area contributed by atoms with Crippen molar-refractivity contribution in [3.63, 3.8) is 0 Å². The number of carbonyl (C=O) groups excluding carboxylic acids is 1. The van der Waals surface area contributed by atoms with Crippen molar-refractivity contribution < 1.29 is 4.79 Å². The van der Waals surface area contributed by atoms with Crippen molar-refractivity contribution in [3.8, 4) is 0 Å². The van der Waals surface area contributed by atoms with E-state index < -0.39 is 0 Å². The summed E-state index contributed by atoms with van der Waals surface area (Å²) in [5, 5.41) is 6.36. The molecule has 0 radical (unpaired) electrons. The minimum Gasteiger partial charge on any atom is -0.303 e. The number of hydrazone groups is 1. The number of hydrogen-bond donors (Lipinski definition) is 0. The van der Waals surface area contributed by atoms with E-state index in [0.717, 1.165) is 25.8 Å². The fourth-order valence-corrected chi connectivity index (χ4v) is 1.31. The summed E-state index contributed by atoms with van der Waals surface area (Å²) in [5.74, 6) is 0. The summed E-state index contributed by atoms with van der Waals surface area (Å²) in [6.45, 7) is 2.16. The summed E-state index contributed by atoms with van der Waals surface area (Å²) >= 11 is 0. The lowest BCUT2D eigenvalue weighted by molar-refractivity contribution is -0.107. The number of unbranched alkanes of at least 4 members (excludes halogenated alkanes) is 1. The largest absolute Gasteiger partial charge is 0.303 e. The van der Waals surface area contributed by atoms with Crippen molar-refractivity contribution in [1.29, 1.82) is 0 Å². The first-order chi connectivity index (χ1) is 5.93. The van der Waals surface area contributed by atoms with Gasteiger partial charge in [-0.05, 0) is 25.7 Å². The van der Waals surface area contributed by atoms with Gasteiger partial charge in [0.25, 0.3) is 0 Å². The molecule has 1 aliphatic heterocycles. The summed E-state index contributed by atoms with van der Waals surface area (Å²) in [4.78, 5) is 9.98. The fraction of sp³-hybridized carbons (Fsp3) is 0.778. The van der Waals surface area contributed by atoms with Crippen LogP contribution in [0.3, 0.4) is 0 Å². The number of nitrogens with zero attached hydrogens (tertiary/aromatic N) is 2. The second-order valence-electron chi connectivity index (χ2n) is 3.06. The van der Waals surface area contributed by atoms with Gasteiger partial charge in [-0.1, -0.05) is 0 Å². The fourth-order valence-electron chi connectivity index (χ4n) is 1.31. The van der Waals surface area contributed by atoms with Crippen LogP contribution in [0, 0.1) is 0 Å². The molecule has 1 saturated heterocycles. The summed E-state index contributed by atoms with van der Waals surface area (Å²) in [5.41, 5.74) is 0. The molecule has 1 fully saturated rings. The third kappa shape index (κ3) is 3.51. The topological polar surface area (TPSA) is 32.7 Å². The maximum Gasteiger partial charge on any atom is 0.120 e. The number of carbonyl (C=O) groups is 1. The molecule has 0 aromatic heterocycles. The van der Waals surface area contributed by atoms with Gasteiger partial charge >= 0.3 is 0 Å². The lowest BCUT2D eigenvalue weighted by Gasteiger charge is -2.23. The Kier molecular flexibility index (Phi) is 4.42. The van der Waals surface area contributed by atoms with Crippen molar-refractivity contribution in [2.75, 3.05) is 13.1 Å². The number of hydrogen-bond acceptors (Lipinski definition) is 3. The maximum atomic E-state index is 9.98. The first-order valence-corrected chi connectivity index (χ1v) is 4.64. The number of rotatable bonds is 4. The van der Waals surface area contributed by atoms with Gasteiger partial charge in [-0.2, -0.15) is 5.10 Å². The molecule has 0 amide bonds.